The quantitative estimate of drug-likeness (QED) is 0.619. The van der Waals surface area contributed by atoms with E-state index in [9.17, 15) is 0 Å². The Hall–Kier alpha value is -0.700. The molecule has 0 aliphatic carbocycles. The van der Waals surface area contributed by atoms with Crippen LogP contribution in [0.25, 0.3) is 0 Å². The molecule has 0 atom stereocenters. The number of rotatable bonds is 4. The zero-order chi connectivity index (χ0) is 11.4. The highest BCUT2D eigenvalue weighted by Gasteiger charge is 2.18. The number of benzene rings is 1. The summed E-state index contributed by atoms with van der Waals surface area (Å²) in [5, 5.41) is 1.11. The average Bonchev–Trinajstić information content (AvgIpc) is 2.33. The zero-order valence-corrected chi connectivity index (χ0v) is 11.4. The summed E-state index contributed by atoms with van der Waals surface area (Å²) >= 11 is 3.49. The smallest absolute Gasteiger partial charge is 0.0604 e. The van der Waals surface area contributed by atoms with Crippen molar-refractivity contribution in [3.63, 3.8) is 0 Å². The van der Waals surface area contributed by atoms with Crippen molar-refractivity contribution in [1.82, 2.24) is 0 Å². The lowest BCUT2D eigenvalue weighted by Crippen LogP contribution is -2.39. The van der Waals surface area contributed by atoms with Gasteiger partial charge in [0.2, 0.25) is 0 Å². The van der Waals surface area contributed by atoms with Crippen LogP contribution in [0.15, 0.2) is 24.3 Å². The maximum absolute atomic E-state index is 3.49. The van der Waals surface area contributed by atoms with E-state index in [4.69, 9.17) is 0 Å². The van der Waals surface area contributed by atoms with Gasteiger partial charge in [-0.2, -0.15) is 0 Å². The lowest BCUT2D eigenvalue weighted by molar-refractivity contribution is 0.691. The van der Waals surface area contributed by atoms with Crippen molar-refractivity contribution in [2.24, 2.45) is 0 Å². The van der Waals surface area contributed by atoms with Crippen LogP contribution >= 0.6 is 15.9 Å². The Labute approximate surface area is 106 Å². The number of likely N-dealkylation sites (N-methyl/N-ethyl adjacent to an activating group) is 1. The van der Waals surface area contributed by atoms with Crippen LogP contribution in [-0.2, 0) is 0 Å². The molecule has 0 saturated heterocycles. The second-order valence-electron chi connectivity index (χ2n) is 4.29. The van der Waals surface area contributed by atoms with Gasteiger partial charge < -0.3 is 9.80 Å². The van der Waals surface area contributed by atoms with Crippen LogP contribution in [0.5, 0.6) is 0 Å². The second kappa shape index (κ2) is 5.58. The van der Waals surface area contributed by atoms with Crippen molar-refractivity contribution >= 4 is 27.3 Å². The Morgan fingerprint density at radius 2 is 1.88 bits per heavy atom. The Morgan fingerprint density at radius 1 is 1.12 bits per heavy atom. The van der Waals surface area contributed by atoms with Crippen molar-refractivity contribution in [1.29, 1.82) is 0 Å². The number of alkyl halides is 1. The molecule has 0 bridgehead atoms. The van der Waals surface area contributed by atoms with Crippen LogP contribution in [0.3, 0.4) is 0 Å². The van der Waals surface area contributed by atoms with E-state index in [0.29, 0.717) is 0 Å². The number of hydrogen-bond donors (Lipinski definition) is 0. The lowest BCUT2D eigenvalue weighted by Gasteiger charge is -2.37. The molecule has 0 N–H and O–H groups in total. The molecule has 0 unspecified atom stereocenters. The highest BCUT2D eigenvalue weighted by molar-refractivity contribution is 9.09. The van der Waals surface area contributed by atoms with Crippen LogP contribution < -0.4 is 9.80 Å². The average molecular weight is 283 g/mol. The number of nitrogens with zero attached hydrogens (tertiary/aromatic N) is 2. The van der Waals surface area contributed by atoms with Crippen LogP contribution in [0.2, 0.25) is 0 Å². The van der Waals surface area contributed by atoms with Crippen LogP contribution in [0, 0.1) is 0 Å². The Kier molecular flexibility index (Phi) is 4.10. The SMILES string of the molecule is CN1CCN(CCCCBr)c2ccccc21. The van der Waals surface area contributed by atoms with Crippen molar-refractivity contribution in [2.75, 3.05) is 41.8 Å². The molecule has 0 fully saturated rings. The van der Waals surface area contributed by atoms with Crippen LogP contribution in [-0.4, -0.2) is 32.0 Å². The topological polar surface area (TPSA) is 6.48 Å². The minimum absolute atomic E-state index is 1.11. The van der Waals surface area contributed by atoms with E-state index < -0.39 is 0 Å². The summed E-state index contributed by atoms with van der Waals surface area (Å²) in [6.07, 6.45) is 2.53. The predicted octanol–water partition coefficient (Wildman–Crippen LogP) is 3.12. The van der Waals surface area contributed by atoms with Crippen molar-refractivity contribution in [3.8, 4) is 0 Å². The van der Waals surface area contributed by atoms with Crippen molar-refractivity contribution < 1.29 is 0 Å². The molecule has 2 nitrogen and oxygen atoms in total. The van der Waals surface area contributed by atoms with Gasteiger partial charge in [-0.3, -0.25) is 0 Å². The third-order valence-corrected chi connectivity index (χ3v) is 3.71. The van der Waals surface area contributed by atoms with E-state index in [1.54, 1.807) is 0 Å². The molecule has 1 aliphatic heterocycles. The predicted molar refractivity (Wildman–Crippen MR) is 75.0 cm³/mol. The largest absolute Gasteiger partial charge is 0.371 e. The first kappa shape index (κ1) is 11.8. The number of anilines is 2. The van der Waals surface area contributed by atoms with Crippen LogP contribution in [0.1, 0.15) is 12.8 Å². The second-order valence-corrected chi connectivity index (χ2v) is 5.09. The monoisotopic (exact) mass is 282 g/mol. The molecular formula is C13H19BrN2. The summed E-state index contributed by atoms with van der Waals surface area (Å²) in [7, 11) is 2.18. The first-order chi connectivity index (χ1) is 7.83. The summed E-state index contributed by atoms with van der Waals surface area (Å²) in [6, 6.07) is 8.71. The molecule has 1 aliphatic rings. The molecule has 2 rings (SSSR count). The summed E-state index contributed by atoms with van der Waals surface area (Å²) in [6.45, 7) is 3.46. The summed E-state index contributed by atoms with van der Waals surface area (Å²) in [5.74, 6) is 0. The van der Waals surface area contributed by atoms with Gasteiger partial charge in [-0.05, 0) is 25.0 Å². The number of unbranched alkanes of at least 4 members (excludes halogenated alkanes) is 1. The summed E-state index contributed by atoms with van der Waals surface area (Å²) < 4.78 is 0. The number of hydrogen-bond acceptors (Lipinski definition) is 2. The van der Waals surface area contributed by atoms with Gasteiger partial charge in [-0.1, -0.05) is 28.1 Å². The highest BCUT2D eigenvalue weighted by atomic mass is 79.9. The van der Waals surface area contributed by atoms with Gasteiger partial charge in [-0.25, -0.2) is 0 Å². The van der Waals surface area contributed by atoms with Gasteiger partial charge in [0.05, 0.1) is 11.4 Å². The lowest BCUT2D eigenvalue weighted by atomic mass is 10.1. The van der Waals surface area contributed by atoms with E-state index in [-0.39, 0.29) is 0 Å². The molecule has 1 heterocycles. The minimum atomic E-state index is 1.11. The first-order valence-corrected chi connectivity index (χ1v) is 7.06. The van der Waals surface area contributed by atoms with Gasteiger partial charge >= 0.3 is 0 Å². The summed E-state index contributed by atoms with van der Waals surface area (Å²) in [4.78, 5) is 4.86. The molecule has 3 heteroatoms. The fraction of sp³-hybridized carbons (Fsp3) is 0.538. The molecule has 0 saturated carbocycles. The number of halogens is 1. The van der Waals surface area contributed by atoms with E-state index >= 15 is 0 Å². The third kappa shape index (κ3) is 2.51. The third-order valence-electron chi connectivity index (χ3n) is 3.15. The fourth-order valence-electron chi connectivity index (χ4n) is 2.20. The normalized spacial score (nSPS) is 15.1. The highest BCUT2D eigenvalue weighted by Crippen LogP contribution is 2.31. The maximum Gasteiger partial charge on any atom is 0.0604 e. The van der Waals surface area contributed by atoms with Gasteiger partial charge in [-0.15, -0.1) is 0 Å². The molecule has 0 aromatic heterocycles. The first-order valence-electron chi connectivity index (χ1n) is 5.94. The summed E-state index contributed by atoms with van der Waals surface area (Å²) in [5.41, 5.74) is 2.76. The maximum atomic E-state index is 3.49. The van der Waals surface area contributed by atoms with Gasteiger partial charge in [0.15, 0.2) is 0 Å². The van der Waals surface area contributed by atoms with Crippen molar-refractivity contribution in [3.05, 3.63) is 24.3 Å². The molecule has 1 aromatic carbocycles. The Bertz CT molecular complexity index is 340. The van der Waals surface area contributed by atoms with E-state index in [1.165, 1.54) is 30.8 Å². The molecule has 0 radical (unpaired) electrons. The van der Waals surface area contributed by atoms with Crippen LogP contribution in [0.4, 0.5) is 11.4 Å². The molecule has 0 amide bonds. The Balaban J connectivity index is 2.09. The van der Waals surface area contributed by atoms with Crippen molar-refractivity contribution in [2.45, 2.75) is 12.8 Å². The minimum Gasteiger partial charge on any atom is -0.371 e. The van der Waals surface area contributed by atoms with E-state index in [0.717, 1.165) is 18.4 Å². The zero-order valence-electron chi connectivity index (χ0n) is 9.82. The molecule has 1 aromatic rings. The molecule has 88 valence electrons. The molecule has 16 heavy (non-hydrogen) atoms. The van der Waals surface area contributed by atoms with E-state index in [1.807, 2.05) is 0 Å². The van der Waals surface area contributed by atoms with Gasteiger partial charge in [0.1, 0.15) is 0 Å². The van der Waals surface area contributed by atoms with E-state index in [2.05, 4.69) is 57.0 Å². The number of fused-ring (bicyclic) bond motifs is 1. The van der Waals surface area contributed by atoms with Gasteiger partial charge in [0, 0.05) is 32.0 Å². The molecular weight excluding hydrogens is 264 g/mol. The van der Waals surface area contributed by atoms with Gasteiger partial charge in [0.25, 0.3) is 0 Å². The number of para-hydroxylation sites is 2. The fourth-order valence-corrected chi connectivity index (χ4v) is 2.59. The standard InChI is InChI=1S/C13H19BrN2/c1-15-10-11-16(9-5-4-8-14)13-7-3-2-6-12(13)15/h2-3,6-7H,4-5,8-11H2,1H3. The molecule has 0 spiro atoms. The Morgan fingerprint density at radius 3 is 2.62 bits per heavy atom.